The quantitative estimate of drug-likeness (QED) is 0.629. The number of Topliss-reactive ketones (excluding diaryl/α,β-unsaturated/α-hetero) is 1. The Bertz CT molecular complexity index is 608. The topological polar surface area (TPSA) is 38.8 Å². The van der Waals surface area contributed by atoms with E-state index in [1.807, 2.05) is 60.7 Å². The highest BCUT2D eigenvalue weighted by molar-refractivity contribution is 5.87. The molecule has 0 aliphatic carbocycles. The summed E-state index contributed by atoms with van der Waals surface area (Å²) in [5, 5.41) is 0. The van der Waals surface area contributed by atoms with Gasteiger partial charge in [0.25, 0.3) is 0 Å². The second kappa shape index (κ2) is 10.8. The molecule has 134 valence electrons. The maximum absolute atomic E-state index is 13.2. The van der Waals surface area contributed by atoms with E-state index in [-0.39, 0.29) is 11.8 Å². The minimum atomic E-state index is -0.299. The molecule has 0 saturated heterocycles. The van der Waals surface area contributed by atoms with Crippen LogP contribution >= 0.6 is 0 Å². The molecule has 2 aromatic carbocycles. The lowest BCUT2D eigenvalue weighted by molar-refractivity contribution is -0.124. The Balaban J connectivity index is 2.25. The number of rotatable bonds is 11. The number of hydrogen-bond donors (Lipinski definition) is 0. The molecule has 0 N–H and O–H groups in total. The van der Waals surface area contributed by atoms with E-state index in [0.717, 1.165) is 11.1 Å². The molecule has 0 spiro atoms. The Kier molecular flexibility index (Phi) is 8.32. The predicted octanol–water partition coefficient (Wildman–Crippen LogP) is 3.13. The summed E-state index contributed by atoms with van der Waals surface area (Å²) in [4.78, 5) is 15.3. The van der Waals surface area contributed by atoms with Crippen molar-refractivity contribution >= 4 is 5.78 Å². The number of benzene rings is 2. The number of ether oxygens (including phenoxy) is 2. The molecule has 0 aliphatic rings. The number of methoxy groups -OCH3 is 2. The van der Waals surface area contributed by atoms with Crippen LogP contribution in [-0.4, -0.2) is 51.2 Å². The first-order valence-corrected chi connectivity index (χ1v) is 8.59. The largest absolute Gasteiger partial charge is 0.383 e. The van der Waals surface area contributed by atoms with Gasteiger partial charge in [-0.25, -0.2) is 0 Å². The highest BCUT2D eigenvalue weighted by Crippen LogP contribution is 2.23. The molecule has 4 nitrogen and oxygen atoms in total. The molecule has 0 radical (unpaired) electrons. The molecular formula is C21H27NO3. The van der Waals surface area contributed by atoms with E-state index in [2.05, 4.69) is 4.90 Å². The average molecular weight is 341 g/mol. The van der Waals surface area contributed by atoms with Gasteiger partial charge in [-0.3, -0.25) is 9.69 Å². The highest BCUT2D eigenvalue weighted by atomic mass is 16.5. The fourth-order valence-electron chi connectivity index (χ4n) is 2.92. The molecule has 0 fully saturated rings. The van der Waals surface area contributed by atoms with E-state index in [1.54, 1.807) is 14.2 Å². The molecule has 0 amide bonds. The van der Waals surface area contributed by atoms with E-state index in [0.29, 0.717) is 32.7 Å². The smallest absolute Gasteiger partial charge is 0.158 e. The minimum absolute atomic E-state index is 0.185. The molecule has 25 heavy (non-hydrogen) atoms. The van der Waals surface area contributed by atoms with Gasteiger partial charge in [0.05, 0.1) is 19.3 Å². The van der Waals surface area contributed by atoms with Crippen LogP contribution in [-0.2, 0) is 20.7 Å². The third kappa shape index (κ3) is 6.09. The van der Waals surface area contributed by atoms with Crippen LogP contribution in [0.2, 0.25) is 0 Å². The molecule has 0 bridgehead atoms. The van der Waals surface area contributed by atoms with E-state index in [9.17, 15) is 4.79 Å². The van der Waals surface area contributed by atoms with Gasteiger partial charge >= 0.3 is 0 Å². The summed E-state index contributed by atoms with van der Waals surface area (Å²) in [6, 6.07) is 19.5. The fraction of sp³-hybridized carbons (Fsp3) is 0.381. The first kappa shape index (κ1) is 19.3. The molecule has 2 aromatic rings. The second-order valence-electron chi connectivity index (χ2n) is 5.96. The van der Waals surface area contributed by atoms with Crippen molar-refractivity contribution in [3.05, 3.63) is 71.8 Å². The van der Waals surface area contributed by atoms with Crippen molar-refractivity contribution in [2.24, 2.45) is 0 Å². The van der Waals surface area contributed by atoms with Gasteiger partial charge in [0.2, 0.25) is 0 Å². The molecule has 4 heteroatoms. The van der Waals surface area contributed by atoms with Gasteiger partial charge in [0.1, 0.15) is 0 Å². The van der Waals surface area contributed by atoms with Gasteiger partial charge in [-0.1, -0.05) is 60.7 Å². The van der Waals surface area contributed by atoms with E-state index in [1.165, 1.54) is 0 Å². The highest BCUT2D eigenvalue weighted by Gasteiger charge is 2.27. The maximum Gasteiger partial charge on any atom is 0.158 e. The summed E-state index contributed by atoms with van der Waals surface area (Å²) in [6.07, 6.45) is 0.414. The zero-order valence-electron chi connectivity index (χ0n) is 15.1. The number of carbonyl (C=O) groups excluding carboxylic acids is 1. The van der Waals surface area contributed by atoms with Gasteiger partial charge < -0.3 is 9.47 Å². The van der Waals surface area contributed by atoms with Crippen molar-refractivity contribution in [1.82, 2.24) is 4.90 Å². The summed E-state index contributed by atoms with van der Waals surface area (Å²) in [5.41, 5.74) is 2.04. The number of nitrogens with zero attached hydrogens (tertiary/aromatic N) is 1. The van der Waals surface area contributed by atoms with Crippen molar-refractivity contribution in [2.75, 3.05) is 40.5 Å². The predicted molar refractivity (Wildman–Crippen MR) is 99.7 cm³/mol. The van der Waals surface area contributed by atoms with Gasteiger partial charge in [-0.15, -0.1) is 0 Å². The molecule has 1 unspecified atom stereocenters. The van der Waals surface area contributed by atoms with Crippen LogP contribution in [0.1, 0.15) is 17.2 Å². The fourth-order valence-corrected chi connectivity index (χ4v) is 2.92. The Hall–Kier alpha value is -2.01. The SMILES string of the molecule is COCCN(CCOC)C(C(=O)Cc1ccccc1)c1ccccc1. The molecule has 0 aliphatic heterocycles. The van der Waals surface area contributed by atoms with Crippen LogP contribution in [0.5, 0.6) is 0 Å². The number of hydrogen-bond acceptors (Lipinski definition) is 4. The maximum atomic E-state index is 13.2. The summed E-state index contributed by atoms with van der Waals surface area (Å²) in [7, 11) is 3.36. The molecule has 0 saturated carbocycles. The zero-order chi connectivity index (χ0) is 17.9. The molecule has 2 rings (SSSR count). The minimum Gasteiger partial charge on any atom is -0.383 e. The summed E-state index contributed by atoms with van der Waals surface area (Å²) in [6.45, 7) is 2.51. The number of carbonyl (C=O) groups is 1. The van der Waals surface area contributed by atoms with Crippen molar-refractivity contribution in [3.8, 4) is 0 Å². The molecule has 1 atom stereocenters. The van der Waals surface area contributed by atoms with Crippen LogP contribution in [0.25, 0.3) is 0 Å². The van der Waals surface area contributed by atoms with Gasteiger partial charge in [0.15, 0.2) is 5.78 Å². The Morgan fingerprint density at radius 3 is 1.92 bits per heavy atom. The van der Waals surface area contributed by atoms with Crippen LogP contribution in [0.3, 0.4) is 0 Å². The first-order chi connectivity index (χ1) is 12.3. The van der Waals surface area contributed by atoms with Crippen LogP contribution < -0.4 is 0 Å². The summed E-state index contributed by atoms with van der Waals surface area (Å²) < 4.78 is 10.5. The third-order valence-electron chi connectivity index (χ3n) is 4.17. The summed E-state index contributed by atoms with van der Waals surface area (Å²) in [5.74, 6) is 0.185. The summed E-state index contributed by atoms with van der Waals surface area (Å²) >= 11 is 0. The van der Waals surface area contributed by atoms with E-state index in [4.69, 9.17) is 9.47 Å². The number of ketones is 1. The van der Waals surface area contributed by atoms with E-state index >= 15 is 0 Å². The van der Waals surface area contributed by atoms with Crippen molar-refractivity contribution in [1.29, 1.82) is 0 Å². The molecular weight excluding hydrogens is 314 g/mol. The van der Waals surface area contributed by atoms with Gasteiger partial charge in [-0.05, 0) is 11.1 Å². The lowest BCUT2D eigenvalue weighted by Gasteiger charge is -2.31. The van der Waals surface area contributed by atoms with Crippen LogP contribution in [0, 0.1) is 0 Å². The Morgan fingerprint density at radius 1 is 0.880 bits per heavy atom. The van der Waals surface area contributed by atoms with Crippen LogP contribution in [0.4, 0.5) is 0 Å². The van der Waals surface area contributed by atoms with Crippen molar-refractivity contribution in [3.63, 3.8) is 0 Å². The third-order valence-corrected chi connectivity index (χ3v) is 4.17. The normalized spacial score (nSPS) is 12.3. The van der Waals surface area contributed by atoms with Crippen molar-refractivity contribution < 1.29 is 14.3 Å². The zero-order valence-corrected chi connectivity index (χ0v) is 15.1. The Labute approximate surface area is 150 Å². The first-order valence-electron chi connectivity index (χ1n) is 8.59. The van der Waals surface area contributed by atoms with Crippen molar-refractivity contribution in [2.45, 2.75) is 12.5 Å². The second-order valence-corrected chi connectivity index (χ2v) is 5.96. The van der Waals surface area contributed by atoms with Gasteiger partial charge in [-0.2, -0.15) is 0 Å². The standard InChI is InChI=1S/C21H27NO3/c1-24-15-13-22(14-16-25-2)21(19-11-7-4-8-12-19)20(23)17-18-9-5-3-6-10-18/h3-12,21H,13-17H2,1-2H3. The average Bonchev–Trinajstić information content (AvgIpc) is 2.65. The molecule has 0 aromatic heterocycles. The van der Waals surface area contributed by atoms with Crippen LogP contribution in [0.15, 0.2) is 60.7 Å². The van der Waals surface area contributed by atoms with E-state index < -0.39 is 0 Å². The lowest BCUT2D eigenvalue weighted by atomic mass is 9.96. The molecule has 0 heterocycles. The Morgan fingerprint density at radius 2 is 1.40 bits per heavy atom. The van der Waals surface area contributed by atoms with Gasteiger partial charge in [0, 0.05) is 33.7 Å². The monoisotopic (exact) mass is 341 g/mol. The lowest BCUT2D eigenvalue weighted by Crippen LogP contribution is -2.39.